The van der Waals surface area contributed by atoms with Gasteiger partial charge in [0.15, 0.2) is 5.78 Å². The van der Waals surface area contributed by atoms with Gasteiger partial charge in [-0.2, -0.15) is 0 Å². The Labute approximate surface area is 174 Å². The van der Waals surface area contributed by atoms with Crippen LogP contribution in [0.25, 0.3) is 0 Å². The number of benzene rings is 1. The minimum absolute atomic E-state index is 0.209. The Bertz CT molecular complexity index is 524. The molecule has 0 aliphatic rings. The van der Waals surface area contributed by atoms with Gasteiger partial charge in [0, 0.05) is 12.0 Å². The average Bonchev–Trinajstić information content (AvgIpc) is 2.68. The highest BCUT2D eigenvalue weighted by Gasteiger charge is 2.10. The number of carbonyl (C=O) groups is 1. The van der Waals surface area contributed by atoms with Crippen LogP contribution in [-0.2, 0) is 0 Å². The van der Waals surface area contributed by atoms with Crippen molar-refractivity contribution in [2.45, 2.75) is 124 Å². The van der Waals surface area contributed by atoms with E-state index in [0.717, 1.165) is 29.5 Å². The van der Waals surface area contributed by atoms with Crippen molar-refractivity contribution < 1.29 is 9.90 Å². The second-order valence-corrected chi connectivity index (χ2v) is 8.58. The Morgan fingerprint density at radius 2 is 1.04 bits per heavy atom. The summed E-state index contributed by atoms with van der Waals surface area (Å²) in [5, 5.41) is 9.82. The van der Waals surface area contributed by atoms with Crippen LogP contribution in [0, 0.1) is 13.8 Å². The van der Waals surface area contributed by atoms with Crippen molar-refractivity contribution >= 4 is 5.78 Å². The number of aryl methyl sites for hydroxylation is 2. The first-order chi connectivity index (χ1) is 13.6. The highest BCUT2D eigenvalue weighted by molar-refractivity contribution is 5.96. The molecule has 0 atom stereocenters. The molecule has 0 fully saturated rings. The average molecular weight is 389 g/mol. The zero-order chi connectivity index (χ0) is 20.6. The van der Waals surface area contributed by atoms with Gasteiger partial charge in [-0.3, -0.25) is 4.79 Å². The van der Waals surface area contributed by atoms with Crippen molar-refractivity contribution in [2.75, 3.05) is 0 Å². The lowest BCUT2D eigenvalue weighted by atomic mass is 9.99. The Morgan fingerprint density at radius 3 is 1.43 bits per heavy atom. The summed E-state index contributed by atoms with van der Waals surface area (Å²) in [6.45, 7) is 5.98. The largest absolute Gasteiger partial charge is 0.507 e. The molecule has 0 spiro atoms. The van der Waals surface area contributed by atoms with Crippen molar-refractivity contribution in [1.82, 2.24) is 0 Å². The number of unbranched alkanes of at least 4 members (excludes halogenated alkanes) is 14. The predicted molar refractivity (Wildman–Crippen MR) is 121 cm³/mol. The van der Waals surface area contributed by atoms with Crippen LogP contribution >= 0.6 is 0 Å². The van der Waals surface area contributed by atoms with E-state index in [-0.39, 0.29) is 5.78 Å². The van der Waals surface area contributed by atoms with Crippen LogP contribution < -0.4 is 0 Å². The molecule has 0 aliphatic carbocycles. The Morgan fingerprint density at radius 1 is 0.679 bits per heavy atom. The number of carbonyl (C=O) groups excluding carboxylic acids is 1. The number of hydrogen-bond acceptors (Lipinski definition) is 2. The number of phenolic OH excluding ortho intramolecular Hbond substituents is 1. The van der Waals surface area contributed by atoms with E-state index < -0.39 is 0 Å². The summed E-state index contributed by atoms with van der Waals surface area (Å²) in [6, 6.07) is 3.63. The molecule has 28 heavy (non-hydrogen) atoms. The number of phenols is 1. The summed E-state index contributed by atoms with van der Waals surface area (Å²) in [5.74, 6) is 0.518. The fourth-order valence-corrected chi connectivity index (χ4v) is 3.92. The van der Waals surface area contributed by atoms with Crippen LogP contribution in [0.5, 0.6) is 5.75 Å². The summed E-state index contributed by atoms with van der Waals surface area (Å²) < 4.78 is 0. The number of Topliss-reactive ketones (excluding diaryl/α,β-unsaturated/α-hetero) is 1. The third-order valence-corrected chi connectivity index (χ3v) is 5.82. The van der Waals surface area contributed by atoms with E-state index in [9.17, 15) is 9.90 Å². The normalized spacial score (nSPS) is 11.1. The van der Waals surface area contributed by atoms with Crippen molar-refractivity contribution in [3.05, 3.63) is 28.8 Å². The Kier molecular flexibility index (Phi) is 13.8. The number of aromatic hydroxyl groups is 1. The molecule has 1 aromatic rings. The molecule has 0 heterocycles. The molecule has 1 aromatic carbocycles. The highest BCUT2D eigenvalue weighted by atomic mass is 16.3. The summed E-state index contributed by atoms with van der Waals surface area (Å²) in [5.41, 5.74) is 2.33. The minimum Gasteiger partial charge on any atom is -0.507 e. The van der Waals surface area contributed by atoms with Crippen LogP contribution in [-0.4, -0.2) is 10.9 Å². The van der Waals surface area contributed by atoms with Crippen LogP contribution in [0.4, 0.5) is 0 Å². The number of hydrogen-bond donors (Lipinski definition) is 1. The molecule has 2 heteroatoms. The van der Waals surface area contributed by atoms with Crippen molar-refractivity contribution in [3.8, 4) is 5.75 Å². The quantitative estimate of drug-likeness (QED) is 0.215. The molecule has 1 rings (SSSR count). The second kappa shape index (κ2) is 15.6. The van der Waals surface area contributed by atoms with Crippen LogP contribution in [0.3, 0.4) is 0 Å². The predicted octanol–water partition coefficient (Wildman–Crippen LogP) is 8.45. The molecule has 0 saturated heterocycles. The fraction of sp³-hybridized carbons (Fsp3) is 0.731. The van der Waals surface area contributed by atoms with E-state index >= 15 is 0 Å². The lowest BCUT2D eigenvalue weighted by molar-refractivity contribution is 0.0979. The zero-order valence-electron chi connectivity index (χ0n) is 18.8. The number of rotatable bonds is 17. The Hall–Kier alpha value is -1.31. The van der Waals surface area contributed by atoms with Gasteiger partial charge in [0.2, 0.25) is 0 Å². The van der Waals surface area contributed by atoms with E-state index in [2.05, 4.69) is 6.92 Å². The molecule has 0 radical (unpaired) electrons. The van der Waals surface area contributed by atoms with E-state index in [1.807, 2.05) is 26.0 Å². The van der Waals surface area contributed by atoms with Gasteiger partial charge in [-0.15, -0.1) is 0 Å². The van der Waals surface area contributed by atoms with Crippen molar-refractivity contribution in [1.29, 1.82) is 0 Å². The van der Waals surface area contributed by atoms with Gasteiger partial charge in [0.1, 0.15) is 5.75 Å². The summed E-state index contributed by atoms with van der Waals surface area (Å²) >= 11 is 0. The molecule has 0 unspecified atom stereocenters. The van der Waals surface area contributed by atoms with Gasteiger partial charge < -0.3 is 5.11 Å². The third-order valence-electron chi connectivity index (χ3n) is 5.82. The van der Waals surface area contributed by atoms with Crippen molar-refractivity contribution in [2.24, 2.45) is 0 Å². The van der Waals surface area contributed by atoms with Crippen LogP contribution in [0.2, 0.25) is 0 Å². The molecular formula is C26H44O2. The molecule has 0 aromatic heterocycles. The maximum absolute atomic E-state index is 12.3. The van der Waals surface area contributed by atoms with Gasteiger partial charge in [-0.25, -0.2) is 0 Å². The van der Waals surface area contributed by atoms with E-state index in [1.165, 1.54) is 83.5 Å². The number of ketones is 1. The molecule has 160 valence electrons. The molecule has 0 amide bonds. The highest BCUT2D eigenvalue weighted by Crippen LogP contribution is 2.24. The van der Waals surface area contributed by atoms with E-state index in [1.54, 1.807) is 0 Å². The maximum atomic E-state index is 12.3. The minimum atomic E-state index is 0.209. The monoisotopic (exact) mass is 388 g/mol. The summed E-state index contributed by atoms with van der Waals surface area (Å²) in [7, 11) is 0. The summed E-state index contributed by atoms with van der Waals surface area (Å²) in [6.07, 6.45) is 20.7. The van der Waals surface area contributed by atoms with Gasteiger partial charge >= 0.3 is 0 Å². The zero-order valence-corrected chi connectivity index (χ0v) is 18.8. The molecule has 0 saturated carbocycles. The Balaban J connectivity index is 1.93. The molecule has 2 nitrogen and oxygen atoms in total. The van der Waals surface area contributed by atoms with Gasteiger partial charge in [-0.1, -0.05) is 96.8 Å². The van der Waals surface area contributed by atoms with Crippen molar-refractivity contribution in [3.63, 3.8) is 0 Å². The molecule has 1 N–H and O–H groups in total. The van der Waals surface area contributed by atoms with E-state index in [4.69, 9.17) is 0 Å². The van der Waals surface area contributed by atoms with Gasteiger partial charge in [0.05, 0.1) is 0 Å². The first-order valence-corrected chi connectivity index (χ1v) is 11.9. The van der Waals surface area contributed by atoms with E-state index in [0.29, 0.717) is 12.2 Å². The molecule has 0 bridgehead atoms. The lowest BCUT2D eigenvalue weighted by Crippen LogP contribution is -2.00. The second-order valence-electron chi connectivity index (χ2n) is 8.58. The molecular weight excluding hydrogens is 344 g/mol. The van der Waals surface area contributed by atoms with Crippen LogP contribution in [0.15, 0.2) is 12.1 Å². The van der Waals surface area contributed by atoms with Gasteiger partial charge in [0.25, 0.3) is 0 Å². The standard InChI is InChI=1S/C26H44O2/c1-4-5-6-7-8-9-10-11-12-13-14-15-16-17-18-19-25(27)24-20-22(2)26(28)23(3)21-24/h20-21,28H,4-19H2,1-3H3. The fourth-order valence-electron chi connectivity index (χ4n) is 3.92. The topological polar surface area (TPSA) is 37.3 Å². The maximum Gasteiger partial charge on any atom is 0.162 e. The summed E-state index contributed by atoms with van der Waals surface area (Å²) in [4.78, 5) is 12.3. The van der Waals surface area contributed by atoms with Gasteiger partial charge in [-0.05, 0) is 43.5 Å². The third kappa shape index (κ3) is 10.9. The molecule has 0 aliphatic heterocycles. The lowest BCUT2D eigenvalue weighted by Gasteiger charge is -2.07. The SMILES string of the molecule is CCCCCCCCCCCCCCCCCC(=O)c1cc(C)c(O)c(C)c1. The van der Waals surface area contributed by atoms with Crippen LogP contribution in [0.1, 0.15) is 131 Å². The first-order valence-electron chi connectivity index (χ1n) is 11.9. The smallest absolute Gasteiger partial charge is 0.162 e. The first kappa shape index (κ1) is 24.7.